The summed E-state index contributed by atoms with van der Waals surface area (Å²) >= 11 is 0. The summed E-state index contributed by atoms with van der Waals surface area (Å²) in [5.74, 6) is 0.944. The molecule has 0 aliphatic carbocycles. The van der Waals surface area contributed by atoms with Crippen molar-refractivity contribution >= 4 is 33.8 Å². The molecular formula is C31H28N4O3. The number of rotatable bonds is 6. The molecule has 1 saturated heterocycles. The van der Waals surface area contributed by atoms with Crippen molar-refractivity contribution < 1.29 is 14.3 Å². The zero-order valence-corrected chi connectivity index (χ0v) is 20.9. The van der Waals surface area contributed by atoms with Crippen LogP contribution in [0.4, 0.5) is 5.69 Å². The maximum absolute atomic E-state index is 13.0. The average Bonchev–Trinajstić information content (AvgIpc) is 3.44. The number of aromatic nitrogens is 2. The predicted octanol–water partition coefficient (Wildman–Crippen LogP) is 5.52. The monoisotopic (exact) mass is 504 g/mol. The van der Waals surface area contributed by atoms with Crippen LogP contribution in [0.3, 0.4) is 0 Å². The Bertz CT molecular complexity index is 1600. The van der Waals surface area contributed by atoms with Crippen molar-refractivity contribution in [2.24, 2.45) is 0 Å². The van der Waals surface area contributed by atoms with Gasteiger partial charge in [-0.3, -0.25) is 9.59 Å². The van der Waals surface area contributed by atoms with E-state index in [0.717, 1.165) is 47.9 Å². The van der Waals surface area contributed by atoms with Gasteiger partial charge in [0, 0.05) is 35.9 Å². The predicted molar refractivity (Wildman–Crippen MR) is 148 cm³/mol. The minimum absolute atomic E-state index is 0.0593. The molecule has 1 aliphatic rings. The Hall–Kier alpha value is -4.65. The molecule has 1 aliphatic heterocycles. The number of hydrogen-bond acceptors (Lipinski definition) is 4. The maximum Gasteiger partial charge on any atom is 0.262 e. The Kier molecular flexibility index (Phi) is 6.48. The number of likely N-dealkylation sites (tertiary alicyclic amines) is 1. The normalized spacial score (nSPS) is 14.1. The van der Waals surface area contributed by atoms with Crippen LogP contribution in [-0.2, 0) is 4.79 Å². The second-order valence-electron chi connectivity index (χ2n) is 9.64. The number of hydrogen-bond donors (Lipinski definition) is 1. The first-order valence-corrected chi connectivity index (χ1v) is 12.9. The SMILES string of the molecule is O=C(COc1cccc2ccccc12)Nc1ccc(C2CCN(C(=O)c3ccn4cncc4c3)CC2)cc1. The summed E-state index contributed by atoms with van der Waals surface area (Å²) < 4.78 is 7.70. The summed E-state index contributed by atoms with van der Waals surface area (Å²) in [6, 6.07) is 25.5. The highest BCUT2D eigenvalue weighted by Crippen LogP contribution is 2.30. The van der Waals surface area contributed by atoms with Crippen LogP contribution < -0.4 is 10.1 Å². The number of benzene rings is 3. The van der Waals surface area contributed by atoms with E-state index in [1.807, 2.05) is 82.2 Å². The lowest BCUT2D eigenvalue weighted by molar-refractivity contribution is -0.118. The molecule has 3 heterocycles. The van der Waals surface area contributed by atoms with Gasteiger partial charge in [0.25, 0.3) is 11.8 Å². The molecule has 1 fully saturated rings. The van der Waals surface area contributed by atoms with E-state index in [2.05, 4.69) is 22.4 Å². The lowest BCUT2D eigenvalue weighted by atomic mass is 9.89. The fourth-order valence-electron chi connectivity index (χ4n) is 5.15. The molecular weight excluding hydrogens is 476 g/mol. The molecule has 0 saturated carbocycles. The molecule has 2 amide bonds. The van der Waals surface area contributed by atoms with E-state index >= 15 is 0 Å². The number of fused-ring (bicyclic) bond motifs is 2. The van der Waals surface area contributed by atoms with Crippen LogP contribution in [0.25, 0.3) is 16.3 Å². The third-order valence-corrected chi connectivity index (χ3v) is 7.22. The zero-order valence-electron chi connectivity index (χ0n) is 20.9. The third-order valence-electron chi connectivity index (χ3n) is 7.22. The number of imidazole rings is 1. The Morgan fingerprint density at radius 3 is 2.58 bits per heavy atom. The molecule has 0 atom stereocenters. The molecule has 0 unspecified atom stereocenters. The van der Waals surface area contributed by atoms with Crippen LogP contribution in [0, 0.1) is 0 Å². The number of carbonyl (C=O) groups excluding carboxylic acids is 2. The van der Waals surface area contributed by atoms with E-state index in [0.29, 0.717) is 17.2 Å². The molecule has 5 aromatic rings. The standard InChI is InChI=1S/C31H28N4O3/c36-30(20-38-29-7-3-5-24-4-1-2-6-28(24)29)33-26-10-8-22(9-11-26)23-12-15-34(16-13-23)31(37)25-14-17-35-21-32-19-27(35)18-25/h1-11,14,17-19,21,23H,12-13,15-16,20H2,(H,33,36). The average molecular weight is 505 g/mol. The fraction of sp³-hybridized carbons (Fsp3) is 0.194. The first-order valence-electron chi connectivity index (χ1n) is 12.9. The van der Waals surface area contributed by atoms with Crippen molar-refractivity contribution in [1.29, 1.82) is 0 Å². The van der Waals surface area contributed by atoms with Gasteiger partial charge in [0.1, 0.15) is 5.75 Å². The molecule has 0 spiro atoms. The van der Waals surface area contributed by atoms with Gasteiger partial charge in [-0.2, -0.15) is 0 Å². The summed E-state index contributed by atoms with van der Waals surface area (Å²) in [7, 11) is 0. The van der Waals surface area contributed by atoms with Crippen molar-refractivity contribution in [3.63, 3.8) is 0 Å². The van der Waals surface area contributed by atoms with Gasteiger partial charge in [-0.05, 0) is 60.0 Å². The molecule has 7 nitrogen and oxygen atoms in total. The molecule has 2 aromatic heterocycles. The topological polar surface area (TPSA) is 75.9 Å². The second kappa shape index (κ2) is 10.4. The molecule has 7 heteroatoms. The van der Waals surface area contributed by atoms with Crippen molar-refractivity contribution in [3.05, 3.63) is 109 Å². The Morgan fingerprint density at radius 2 is 1.74 bits per heavy atom. The number of ether oxygens (including phenoxy) is 1. The first-order chi connectivity index (χ1) is 18.6. The summed E-state index contributed by atoms with van der Waals surface area (Å²) in [5.41, 5.74) is 3.57. The van der Waals surface area contributed by atoms with Crippen LogP contribution in [0.15, 0.2) is 97.6 Å². The first kappa shape index (κ1) is 23.7. The Balaban J connectivity index is 1.01. The van der Waals surface area contributed by atoms with Gasteiger partial charge in [-0.25, -0.2) is 4.98 Å². The summed E-state index contributed by atoms with van der Waals surface area (Å²) in [5, 5.41) is 4.98. The number of piperidine rings is 1. The van der Waals surface area contributed by atoms with Crippen molar-refractivity contribution in [2.45, 2.75) is 18.8 Å². The number of pyridine rings is 1. The van der Waals surface area contributed by atoms with E-state index in [1.54, 1.807) is 12.5 Å². The van der Waals surface area contributed by atoms with Gasteiger partial charge in [-0.15, -0.1) is 0 Å². The Morgan fingerprint density at radius 1 is 0.947 bits per heavy atom. The van der Waals surface area contributed by atoms with Crippen LogP contribution in [0.5, 0.6) is 5.75 Å². The molecule has 6 rings (SSSR count). The largest absolute Gasteiger partial charge is 0.483 e. The fourth-order valence-corrected chi connectivity index (χ4v) is 5.15. The molecule has 3 aromatic carbocycles. The van der Waals surface area contributed by atoms with Crippen LogP contribution in [0.2, 0.25) is 0 Å². The van der Waals surface area contributed by atoms with Crippen LogP contribution >= 0.6 is 0 Å². The Labute approximate surface area is 220 Å². The molecule has 0 bridgehead atoms. The summed E-state index contributed by atoms with van der Waals surface area (Å²) in [6.07, 6.45) is 7.17. The van der Waals surface area contributed by atoms with Gasteiger partial charge in [0.15, 0.2) is 6.61 Å². The summed E-state index contributed by atoms with van der Waals surface area (Å²) in [4.78, 5) is 31.6. The van der Waals surface area contributed by atoms with Crippen LogP contribution in [0.1, 0.15) is 34.7 Å². The second-order valence-corrected chi connectivity index (χ2v) is 9.64. The van der Waals surface area contributed by atoms with Gasteiger partial charge in [-0.1, -0.05) is 48.5 Å². The number of carbonyl (C=O) groups is 2. The van der Waals surface area contributed by atoms with Crippen molar-refractivity contribution in [1.82, 2.24) is 14.3 Å². The maximum atomic E-state index is 13.0. The molecule has 190 valence electrons. The smallest absolute Gasteiger partial charge is 0.262 e. The zero-order chi connectivity index (χ0) is 25.9. The quantitative estimate of drug-likeness (QED) is 0.330. The number of nitrogens with one attached hydrogen (secondary N) is 1. The van der Waals surface area contributed by atoms with Gasteiger partial charge in [0.2, 0.25) is 0 Å². The van der Waals surface area contributed by atoms with Gasteiger partial charge < -0.3 is 19.4 Å². The molecule has 1 N–H and O–H groups in total. The van der Waals surface area contributed by atoms with E-state index < -0.39 is 0 Å². The van der Waals surface area contributed by atoms with E-state index in [9.17, 15) is 9.59 Å². The number of nitrogens with zero attached hydrogens (tertiary/aromatic N) is 3. The van der Waals surface area contributed by atoms with Gasteiger partial charge in [0.05, 0.1) is 18.0 Å². The highest BCUT2D eigenvalue weighted by atomic mass is 16.5. The molecule has 38 heavy (non-hydrogen) atoms. The third kappa shape index (κ3) is 4.95. The van der Waals surface area contributed by atoms with Gasteiger partial charge >= 0.3 is 0 Å². The lowest BCUT2D eigenvalue weighted by Crippen LogP contribution is -2.37. The van der Waals surface area contributed by atoms with Crippen LogP contribution in [-0.4, -0.2) is 45.8 Å². The van der Waals surface area contributed by atoms with Crippen molar-refractivity contribution in [3.8, 4) is 5.75 Å². The minimum Gasteiger partial charge on any atom is -0.483 e. The lowest BCUT2D eigenvalue weighted by Gasteiger charge is -2.32. The van der Waals surface area contributed by atoms with E-state index in [4.69, 9.17) is 4.74 Å². The minimum atomic E-state index is -0.202. The number of amides is 2. The highest BCUT2D eigenvalue weighted by molar-refractivity contribution is 5.95. The van der Waals surface area contributed by atoms with E-state index in [1.165, 1.54) is 5.56 Å². The van der Waals surface area contributed by atoms with E-state index in [-0.39, 0.29) is 18.4 Å². The number of anilines is 1. The molecule has 0 radical (unpaired) electrons. The van der Waals surface area contributed by atoms with Crippen molar-refractivity contribution in [2.75, 3.05) is 25.0 Å². The summed E-state index contributed by atoms with van der Waals surface area (Å²) in [6.45, 7) is 1.38. The highest BCUT2D eigenvalue weighted by Gasteiger charge is 2.25.